The highest BCUT2D eigenvalue weighted by atomic mass is 35.5. The fraction of sp³-hybridized carbons (Fsp3) is 0.138. The SMILES string of the molecule is C/C=C\C(=O)NCCc1cn(-c2ccc3ncnc(Nc4ccc(OCc5cccc(F)c5)c(Cl)c4)c3c2)nn1. The quantitative estimate of drug-likeness (QED) is 0.216. The van der Waals surface area contributed by atoms with E-state index in [0.29, 0.717) is 40.8 Å². The molecule has 2 aromatic heterocycles. The summed E-state index contributed by atoms with van der Waals surface area (Å²) >= 11 is 6.47. The van der Waals surface area contributed by atoms with Gasteiger partial charge >= 0.3 is 0 Å². The largest absolute Gasteiger partial charge is 0.487 e. The summed E-state index contributed by atoms with van der Waals surface area (Å²) in [6, 6.07) is 17.2. The Hall–Kier alpha value is -4.83. The number of nitrogens with one attached hydrogen (secondary N) is 2. The highest BCUT2D eigenvalue weighted by Crippen LogP contribution is 2.31. The molecule has 0 atom stereocenters. The molecule has 40 heavy (non-hydrogen) atoms. The molecule has 2 N–H and O–H groups in total. The molecule has 0 fully saturated rings. The zero-order valence-corrected chi connectivity index (χ0v) is 22.3. The van der Waals surface area contributed by atoms with Gasteiger partial charge in [0.1, 0.15) is 30.3 Å². The number of aromatic nitrogens is 5. The Kier molecular flexibility index (Phi) is 8.26. The number of anilines is 2. The molecule has 0 radical (unpaired) electrons. The van der Waals surface area contributed by atoms with E-state index in [-0.39, 0.29) is 18.3 Å². The van der Waals surface area contributed by atoms with Crippen LogP contribution in [-0.4, -0.2) is 37.4 Å². The van der Waals surface area contributed by atoms with Crippen molar-refractivity contribution in [3.8, 4) is 11.4 Å². The lowest BCUT2D eigenvalue weighted by Crippen LogP contribution is -2.23. The summed E-state index contributed by atoms with van der Waals surface area (Å²) in [5.74, 6) is 0.608. The second-order valence-corrected chi connectivity index (χ2v) is 9.22. The molecule has 5 aromatic rings. The van der Waals surface area contributed by atoms with E-state index >= 15 is 0 Å². The molecular weight excluding hydrogens is 533 g/mol. The van der Waals surface area contributed by atoms with E-state index < -0.39 is 0 Å². The van der Waals surface area contributed by atoms with Crippen LogP contribution >= 0.6 is 11.6 Å². The van der Waals surface area contributed by atoms with Gasteiger partial charge in [-0.3, -0.25) is 4.79 Å². The van der Waals surface area contributed by atoms with Crippen LogP contribution < -0.4 is 15.4 Å². The van der Waals surface area contributed by atoms with Gasteiger partial charge < -0.3 is 15.4 Å². The van der Waals surface area contributed by atoms with Gasteiger partial charge in [0.05, 0.1) is 28.1 Å². The number of fused-ring (bicyclic) bond motifs is 1. The maximum Gasteiger partial charge on any atom is 0.243 e. The van der Waals surface area contributed by atoms with Gasteiger partial charge in [0.2, 0.25) is 5.91 Å². The molecule has 2 heterocycles. The second-order valence-electron chi connectivity index (χ2n) is 8.81. The predicted octanol–water partition coefficient (Wildman–Crippen LogP) is 5.56. The van der Waals surface area contributed by atoms with E-state index in [9.17, 15) is 9.18 Å². The summed E-state index contributed by atoms with van der Waals surface area (Å²) in [6.07, 6.45) is 7.02. The Balaban J connectivity index is 1.30. The number of rotatable bonds is 10. The number of carbonyl (C=O) groups excluding carboxylic acids is 1. The van der Waals surface area contributed by atoms with Crippen LogP contribution in [0.15, 0.2) is 85.3 Å². The average Bonchev–Trinajstić information content (AvgIpc) is 3.42. The second kappa shape index (κ2) is 12.4. The van der Waals surface area contributed by atoms with Crippen LogP contribution in [0.25, 0.3) is 16.6 Å². The molecular formula is C29H25ClFN7O2. The summed E-state index contributed by atoms with van der Waals surface area (Å²) < 4.78 is 20.9. The number of nitrogens with zero attached hydrogens (tertiary/aromatic N) is 5. The molecule has 0 spiro atoms. The summed E-state index contributed by atoms with van der Waals surface area (Å²) in [6.45, 7) is 2.44. The zero-order chi connectivity index (χ0) is 27.9. The third-order valence-electron chi connectivity index (χ3n) is 5.90. The zero-order valence-electron chi connectivity index (χ0n) is 21.5. The molecule has 3 aromatic carbocycles. The minimum atomic E-state index is -0.318. The van der Waals surface area contributed by atoms with Crippen molar-refractivity contribution >= 4 is 39.9 Å². The lowest BCUT2D eigenvalue weighted by molar-refractivity contribution is -0.116. The number of hydrogen-bond acceptors (Lipinski definition) is 7. The van der Waals surface area contributed by atoms with Crippen molar-refractivity contribution in [2.24, 2.45) is 0 Å². The Morgan fingerprint density at radius 2 is 2.02 bits per heavy atom. The topological polar surface area (TPSA) is 107 Å². The van der Waals surface area contributed by atoms with Gasteiger partial charge in [0.25, 0.3) is 0 Å². The van der Waals surface area contributed by atoms with Gasteiger partial charge in [-0.15, -0.1) is 5.10 Å². The van der Waals surface area contributed by atoms with Gasteiger partial charge in [0, 0.05) is 24.0 Å². The molecule has 5 rings (SSSR count). The molecule has 202 valence electrons. The van der Waals surface area contributed by atoms with Gasteiger partial charge in [-0.25, -0.2) is 19.0 Å². The first-order valence-corrected chi connectivity index (χ1v) is 12.9. The van der Waals surface area contributed by atoms with Gasteiger partial charge in [0.15, 0.2) is 0 Å². The highest BCUT2D eigenvalue weighted by Gasteiger charge is 2.11. The standard InChI is InChI=1S/C29H25ClFN7O2/c1-2-4-28(39)32-12-11-22-16-38(37-36-22)23-8-9-26-24(15-23)29(34-18-33-26)35-21-7-10-27(25(30)14-21)40-17-19-5-3-6-20(31)13-19/h2-10,13-16,18H,11-12,17H2,1H3,(H,32,39)(H,33,34,35)/b4-2-. The molecule has 0 aliphatic heterocycles. The van der Waals surface area contributed by atoms with Gasteiger partial charge in [-0.05, 0) is 67.1 Å². The fourth-order valence-corrected chi connectivity index (χ4v) is 4.21. The average molecular weight is 558 g/mol. The summed E-state index contributed by atoms with van der Waals surface area (Å²) in [4.78, 5) is 20.4. The number of benzene rings is 3. The van der Waals surface area contributed by atoms with E-state index in [1.54, 1.807) is 41.9 Å². The van der Waals surface area contributed by atoms with Crippen LogP contribution in [0.5, 0.6) is 5.75 Å². The van der Waals surface area contributed by atoms with Crippen LogP contribution in [0.2, 0.25) is 5.02 Å². The number of ether oxygens (including phenoxy) is 1. The molecule has 11 heteroatoms. The van der Waals surface area contributed by atoms with Crippen LogP contribution in [0.4, 0.5) is 15.9 Å². The summed E-state index contributed by atoms with van der Waals surface area (Å²) in [5.41, 5.74) is 3.68. The lowest BCUT2D eigenvalue weighted by atomic mass is 10.2. The first-order valence-electron chi connectivity index (χ1n) is 12.5. The number of amides is 1. The predicted molar refractivity (Wildman–Crippen MR) is 151 cm³/mol. The van der Waals surface area contributed by atoms with Crippen molar-refractivity contribution in [1.29, 1.82) is 0 Å². The molecule has 9 nitrogen and oxygen atoms in total. The molecule has 0 aliphatic carbocycles. The lowest BCUT2D eigenvalue weighted by Gasteiger charge is -2.12. The van der Waals surface area contributed by atoms with Crippen LogP contribution in [-0.2, 0) is 17.8 Å². The van der Waals surface area contributed by atoms with Crippen LogP contribution in [0, 0.1) is 5.82 Å². The van der Waals surface area contributed by atoms with Crippen molar-refractivity contribution in [1.82, 2.24) is 30.3 Å². The molecule has 1 amide bonds. The number of carbonyl (C=O) groups is 1. The van der Waals surface area contributed by atoms with E-state index in [0.717, 1.165) is 22.3 Å². The van der Waals surface area contributed by atoms with Crippen LogP contribution in [0.1, 0.15) is 18.2 Å². The van der Waals surface area contributed by atoms with Crippen molar-refractivity contribution in [3.05, 3.63) is 107 Å². The third-order valence-corrected chi connectivity index (χ3v) is 6.20. The molecule has 0 bridgehead atoms. The monoisotopic (exact) mass is 557 g/mol. The molecule has 0 unspecified atom stereocenters. The van der Waals surface area contributed by atoms with Crippen LogP contribution in [0.3, 0.4) is 0 Å². The first-order chi connectivity index (χ1) is 19.5. The molecule has 0 saturated carbocycles. The van der Waals surface area contributed by atoms with Crippen molar-refractivity contribution in [2.75, 3.05) is 11.9 Å². The van der Waals surface area contributed by atoms with E-state index in [1.807, 2.05) is 30.5 Å². The Morgan fingerprint density at radius 1 is 1.12 bits per heavy atom. The van der Waals surface area contributed by atoms with Crippen molar-refractivity contribution in [2.45, 2.75) is 20.0 Å². The fourth-order valence-electron chi connectivity index (χ4n) is 3.97. The Morgan fingerprint density at radius 3 is 2.85 bits per heavy atom. The Labute approximate surface area is 234 Å². The van der Waals surface area contributed by atoms with E-state index in [2.05, 4.69) is 30.9 Å². The van der Waals surface area contributed by atoms with E-state index in [1.165, 1.54) is 24.5 Å². The summed E-state index contributed by atoms with van der Waals surface area (Å²) in [7, 11) is 0. The van der Waals surface area contributed by atoms with Gasteiger partial charge in [-0.1, -0.05) is 35.0 Å². The van der Waals surface area contributed by atoms with Crippen molar-refractivity contribution in [3.63, 3.8) is 0 Å². The number of allylic oxidation sites excluding steroid dienone is 1. The smallest absolute Gasteiger partial charge is 0.243 e. The van der Waals surface area contributed by atoms with Crippen molar-refractivity contribution < 1.29 is 13.9 Å². The highest BCUT2D eigenvalue weighted by molar-refractivity contribution is 6.32. The number of hydrogen-bond donors (Lipinski definition) is 2. The van der Waals surface area contributed by atoms with E-state index in [4.69, 9.17) is 16.3 Å². The number of halogens is 2. The maximum atomic E-state index is 13.4. The maximum absolute atomic E-state index is 13.4. The molecule has 0 saturated heterocycles. The first kappa shape index (κ1) is 26.8. The van der Waals surface area contributed by atoms with Gasteiger partial charge in [-0.2, -0.15) is 0 Å². The normalized spacial score (nSPS) is 11.2. The third kappa shape index (κ3) is 6.59. The summed E-state index contributed by atoms with van der Waals surface area (Å²) in [5, 5.41) is 15.7. The minimum absolute atomic E-state index is 0.142. The molecule has 0 aliphatic rings. The Bertz CT molecular complexity index is 1690. The minimum Gasteiger partial charge on any atom is -0.487 e.